The van der Waals surface area contributed by atoms with Gasteiger partial charge in [0.15, 0.2) is 6.10 Å². The first-order valence-electron chi connectivity index (χ1n) is 7.36. The van der Waals surface area contributed by atoms with E-state index >= 15 is 0 Å². The predicted molar refractivity (Wildman–Crippen MR) is 86.0 cm³/mol. The lowest BCUT2D eigenvalue weighted by Gasteiger charge is -2.17. The van der Waals surface area contributed by atoms with Crippen LogP contribution in [0.5, 0.6) is 5.75 Å². The molecule has 1 atom stereocenters. The molecule has 22 heavy (non-hydrogen) atoms. The van der Waals surface area contributed by atoms with Crippen LogP contribution >= 0.6 is 15.9 Å². The van der Waals surface area contributed by atoms with Crippen molar-refractivity contribution < 1.29 is 19.1 Å². The van der Waals surface area contributed by atoms with Crippen LogP contribution in [0.2, 0.25) is 0 Å². The Balaban J connectivity index is 1.96. The normalized spacial score (nSPS) is 16.1. The molecule has 0 aromatic heterocycles. The average Bonchev–Trinajstić information content (AvgIpc) is 3.00. The molecule has 1 N–H and O–H groups in total. The van der Waals surface area contributed by atoms with Gasteiger partial charge in [-0.25, -0.2) is 4.79 Å². The second kappa shape index (κ2) is 7.63. The van der Waals surface area contributed by atoms with E-state index in [-0.39, 0.29) is 11.9 Å². The molecular formula is C16H20BrNO4. The van der Waals surface area contributed by atoms with E-state index in [1.807, 2.05) is 0 Å². The van der Waals surface area contributed by atoms with E-state index < -0.39 is 12.1 Å². The number of carbonyl (C=O) groups excluding carboxylic acids is 2. The van der Waals surface area contributed by atoms with E-state index in [1.54, 1.807) is 25.1 Å². The fourth-order valence-electron chi connectivity index (χ4n) is 2.45. The molecule has 0 unspecified atom stereocenters. The van der Waals surface area contributed by atoms with Crippen molar-refractivity contribution in [1.29, 1.82) is 0 Å². The Bertz CT molecular complexity index is 555. The molecule has 0 aliphatic heterocycles. The highest BCUT2D eigenvalue weighted by atomic mass is 79.9. The maximum Gasteiger partial charge on any atom is 0.340 e. The number of ether oxygens (including phenoxy) is 2. The van der Waals surface area contributed by atoms with Crippen LogP contribution in [0.4, 0.5) is 0 Å². The summed E-state index contributed by atoms with van der Waals surface area (Å²) >= 11 is 3.30. The summed E-state index contributed by atoms with van der Waals surface area (Å²) in [5.41, 5.74) is 0.333. The van der Waals surface area contributed by atoms with Gasteiger partial charge < -0.3 is 14.8 Å². The van der Waals surface area contributed by atoms with E-state index in [0.717, 1.165) is 25.7 Å². The van der Waals surface area contributed by atoms with E-state index in [9.17, 15) is 9.59 Å². The maximum atomic E-state index is 12.2. The van der Waals surface area contributed by atoms with Crippen LogP contribution in [-0.2, 0) is 9.53 Å². The van der Waals surface area contributed by atoms with Gasteiger partial charge in [0, 0.05) is 10.5 Å². The molecule has 0 heterocycles. The fraction of sp³-hybridized carbons (Fsp3) is 0.500. The standard InChI is InChI=1S/C16H20BrNO4/c1-10(15(19)18-11-5-3-4-6-11)22-16(20)13-9-12(21-2)7-8-14(13)17/h7-11H,3-6H2,1-2H3,(H,18,19)/t10-/m0/s1. The number of hydrogen-bond donors (Lipinski definition) is 1. The van der Waals surface area contributed by atoms with Crippen molar-refractivity contribution >= 4 is 27.8 Å². The summed E-state index contributed by atoms with van der Waals surface area (Å²) < 4.78 is 10.9. The minimum absolute atomic E-state index is 0.206. The molecule has 1 amide bonds. The molecule has 1 fully saturated rings. The molecule has 0 radical (unpaired) electrons. The number of amides is 1. The summed E-state index contributed by atoms with van der Waals surface area (Å²) in [6.07, 6.45) is 3.43. The summed E-state index contributed by atoms with van der Waals surface area (Å²) in [7, 11) is 1.52. The molecule has 0 bridgehead atoms. The number of rotatable bonds is 5. The molecule has 6 heteroatoms. The topological polar surface area (TPSA) is 64.6 Å². The first-order chi connectivity index (χ1) is 10.5. The van der Waals surface area contributed by atoms with Gasteiger partial charge in [0.25, 0.3) is 5.91 Å². The van der Waals surface area contributed by atoms with Crippen LogP contribution in [0.15, 0.2) is 22.7 Å². The van der Waals surface area contributed by atoms with E-state index in [2.05, 4.69) is 21.2 Å². The SMILES string of the molecule is COc1ccc(Br)c(C(=O)O[C@@H](C)C(=O)NC2CCCC2)c1. The Morgan fingerprint density at radius 3 is 2.64 bits per heavy atom. The van der Waals surface area contributed by atoms with Crippen molar-refractivity contribution in [2.75, 3.05) is 7.11 Å². The van der Waals surface area contributed by atoms with Crippen LogP contribution in [0.3, 0.4) is 0 Å². The molecule has 1 aliphatic rings. The number of esters is 1. The third kappa shape index (κ3) is 4.22. The number of benzene rings is 1. The number of methoxy groups -OCH3 is 1. The molecule has 1 aromatic carbocycles. The zero-order valence-corrected chi connectivity index (χ0v) is 14.3. The van der Waals surface area contributed by atoms with E-state index in [4.69, 9.17) is 9.47 Å². The highest BCUT2D eigenvalue weighted by Crippen LogP contribution is 2.23. The summed E-state index contributed by atoms with van der Waals surface area (Å²) in [5.74, 6) is -0.252. The number of halogens is 1. The van der Waals surface area contributed by atoms with Crippen LogP contribution in [0.1, 0.15) is 43.0 Å². The van der Waals surface area contributed by atoms with Gasteiger partial charge in [-0.3, -0.25) is 4.79 Å². The summed E-state index contributed by atoms with van der Waals surface area (Å²) in [4.78, 5) is 24.2. The van der Waals surface area contributed by atoms with Crippen molar-refractivity contribution in [2.45, 2.75) is 44.8 Å². The third-order valence-corrected chi connectivity index (χ3v) is 4.44. The number of carbonyl (C=O) groups is 2. The minimum Gasteiger partial charge on any atom is -0.497 e. The van der Waals surface area contributed by atoms with Crippen molar-refractivity contribution in [3.05, 3.63) is 28.2 Å². The fourth-order valence-corrected chi connectivity index (χ4v) is 2.86. The molecule has 1 saturated carbocycles. The zero-order chi connectivity index (χ0) is 16.1. The molecule has 0 spiro atoms. The first kappa shape index (κ1) is 16.8. The highest BCUT2D eigenvalue weighted by molar-refractivity contribution is 9.10. The second-order valence-corrected chi connectivity index (χ2v) is 6.24. The Hall–Kier alpha value is -1.56. The van der Waals surface area contributed by atoms with Crippen molar-refractivity contribution in [3.8, 4) is 5.75 Å². The summed E-state index contributed by atoms with van der Waals surface area (Å²) in [5, 5.41) is 2.92. The minimum atomic E-state index is -0.828. The molecule has 1 aromatic rings. The smallest absolute Gasteiger partial charge is 0.340 e. The summed E-state index contributed by atoms with van der Waals surface area (Å²) in [6, 6.07) is 5.22. The van der Waals surface area contributed by atoms with E-state index in [0.29, 0.717) is 15.8 Å². The van der Waals surface area contributed by atoms with Crippen molar-refractivity contribution in [3.63, 3.8) is 0 Å². The lowest BCUT2D eigenvalue weighted by molar-refractivity contribution is -0.129. The highest BCUT2D eigenvalue weighted by Gasteiger charge is 2.24. The average molecular weight is 370 g/mol. The van der Waals surface area contributed by atoms with Gasteiger partial charge in [-0.1, -0.05) is 12.8 Å². The molecule has 5 nitrogen and oxygen atoms in total. The molecule has 120 valence electrons. The Labute approximate surface area is 138 Å². The van der Waals surface area contributed by atoms with Gasteiger partial charge in [0.1, 0.15) is 5.75 Å². The Morgan fingerprint density at radius 2 is 2.00 bits per heavy atom. The molecule has 2 rings (SSSR count). The predicted octanol–water partition coefficient (Wildman–Crippen LogP) is 3.06. The molecular weight excluding hydrogens is 350 g/mol. The van der Waals surface area contributed by atoms with Gasteiger partial charge in [-0.2, -0.15) is 0 Å². The lowest BCUT2D eigenvalue weighted by Crippen LogP contribution is -2.40. The zero-order valence-electron chi connectivity index (χ0n) is 12.7. The van der Waals surface area contributed by atoms with Gasteiger partial charge in [0.05, 0.1) is 12.7 Å². The van der Waals surface area contributed by atoms with Crippen molar-refractivity contribution in [1.82, 2.24) is 5.32 Å². The second-order valence-electron chi connectivity index (χ2n) is 5.38. The molecule has 0 saturated heterocycles. The van der Waals surface area contributed by atoms with E-state index in [1.165, 1.54) is 7.11 Å². The Morgan fingerprint density at radius 1 is 1.32 bits per heavy atom. The number of nitrogens with one attached hydrogen (secondary N) is 1. The van der Waals surface area contributed by atoms with Crippen molar-refractivity contribution in [2.24, 2.45) is 0 Å². The van der Waals surface area contributed by atoms with Gasteiger partial charge in [0.2, 0.25) is 0 Å². The van der Waals surface area contributed by atoms with Crippen LogP contribution in [-0.4, -0.2) is 31.1 Å². The van der Waals surface area contributed by atoms with Gasteiger partial charge >= 0.3 is 5.97 Å². The van der Waals surface area contributed by atoms with Gasteiger partial charge in [-0.05, 0) is 53.9 Å². The monoisotopic (exact) mass is 369 g/mol. The van der Waals surface area contributed by atoms with Crippen LogP contribution in [0, 0.1) is 0 Å². The first-order valence-corrected chi connectivity index (χ1v) is 8.15. The Kier molecular flexibility index (Phi) is 5.83. The number of hydrogen-bond acceptors (Lipinski definition) is 4. The molecule has 1 aliphatic carbocycles. The maximum absolute atomic E-state index is 12.2. The largest absolute Gasteiger partial charge is 0.497 e. The van der Waals surface area contributed by atoms with Crippen LogP contribution in [0.25, 0.3) is 0 Å². The van der Waals surface area contributed by atoms with Gasteiger partial charge in [-0.15, -0.1) is 0 Å². The van der Waals surface area contributed by atoms with Crippen LogP contribution < -0.4 is 10.1 Å². The third-order valence-electron chi connectivity index (χ3n) is 3.75. The summed E-state index contributed by atoms with van der Waals surface area (Å²) in [6.45, 7) is 1.58. The lowest BCUT2D eigenvalue weighted by atomic mass is 10.2. The quantitative estimate of drug-likeness (QED) is 0.810.